The minimum absolute atomic E-state index is 0.0721. The van der Waals surface area contributed by atoms with Crippen LogP contribution in [0, 0.1) is 11.6 Å². The summed E-state index contributed by atoms with van der Waals surface area (Å²) in [4.78, 5) is 10.7. The average molecular weight is 318 g/mol. The molecular formula is C14H7F5O3. The van der Waals surface area contributed by atoms with E-state index in [1.165, 1.54) is 0 Å². The summed E-state index contributed by atoms with van der Waals surface area (Å²) in [6, 6.07) is 5.24. The predicted molar refractivity (Wildman–Crippen MR) is 65.4 cm³/mol. The fraction of sp³-hybridized carbons (Fsp3) is 0.0714. The van der Waals surface area contributed by atoms with E-state index >= 15 is 0 Å². The highest BCUT2D eigenvalue weighted by Gasteiger charge is 2.31. The van der Waals surface area contributed by atoms with Crippen LogP contribution in [0.4, 0.5) is 22.0 Å². The Morgan fingerprint density at radius 1 is 1.00 bits per heavy atom. The first-order chi connectivity index (χ1) is 10.2. The molecule has 0 heterocycles. The summed E-state index contributed by atoms with van der Waals surface area (Å²) < 4.78 is 67.0. The molecule has 0 spiro atoms. The molecule has 8 heteroatoms. The maximum atomic E-state index is 13.8. The Morgan fingerprint density at radius 2 is 1.59 bits per heavy atom. The third-order valence-electron chi connectivity index (χ3n) is 2.69. The summed E-state index contributed by atoms with van der Waals surface area (Å²) in [5, 5.41) is 8.67. The van der Waals surface area contributed by atoms with Gasteiger partial charge in [-0.1, -0.05) is 12.1 Å². The molecular weight excluding hydrogens is 311 g/mol. The van der Waals surface area contributed by atoms with Gasteiger partial charge in [0.1, 0.15) is 17.4 Å². The van der Waals surface area contributed by atoms with Gasteiger partial charge in [0.15, 0.2) is 0 Å². The van der Waals surface area contributed by atoms with Crippen molar-refractivity contribution in [2.75, 3.05) is 0 Å². The molecule has 116 valence electrons. The average Bonchev–Trinajstić information content (AvgIpc) is 2.40. The number of carboxylic acid groups (broad SMARTS) is 1. The number of ether oxygens (including phenoxy) is 1. The van der Waals surface area contributed by atoms with E-state index in [4.69, 9.17) is 5.11 Å². The Balaban J connectivity index is 2.36. The molecule has 2 aromatic carbocycles. The second kappa shape index (κ2) is 5.63. The zero-order chi connectivity index (χ0) is 16.5. The molecule has 0 amide bonds. The van der Waals surface area contributed by atoms with Crippen LogP contribution >= 0.6 is 0 Å². The van der Waals surface area contributed by atoms with Gasteiger partial charge in [-0.2, -0.15) is 0 Å². The smallest absolute Gasteiger partial charge is 0.478 e. The predicted octanol–water partition coefficient (Wildman–Crippen LogP) is 4.23. The minimum Gasteiger partial charge on any atom is -0.478 e. The highest BCUT2D eigenvalue weighted by Crippen LogP contribution is 2.29. The summed E-state index contributed by atoms with van der Waals surface area (Å²) in [7, 11) is 0. The number of hydrogen-bond donors (Lipinski definition) is 1. The van der Waals surface area contributed by atoms with E-state index in [0.29, 0.717) is 12.1 Å². The number of carboxylic acids is 1. The zero-order valence-corrected chi connectivity index (χ0v) is 10.6. The lowest BCUT2D eigenvalue weighted by atomic mass is 10.0. The monoisotopic (exact) mass is 318 g/mol. The van der Waals surface area contributed by atoms with Crippen LogP contribution in [0.1, 0.15) is 10.4 Å². The molecule has 0 unspecified atom stereocenters. The molecule has 1 N–H and O–H groups in total. The van der Waals surface area contributed by atoms with Crippen molar-refractivity contribution >= 4 is 5.97 Å². The van der Waals surface area contributed by atoms with E-state index < -0.39 is 35.3 Å². The van der Waals surface area contributed by atoms with Gasteiger partial charge >= 0.3 is 12.3 Å². The lowest BCUT2D eigenvalue weighted by Crippen LogP contribution is -2.16. The van der Waals surface area contributed by atoms with E-state index in [-0.39, 0.29) is 11.1 Å². The molecule has 2 rings (SSSR count). The fourth-order valence-electron chi connectivity index (χ4n) is 1.77. The number of benzene rings is 2. The van der Waals surface area contributed by atoms with E-state index in [2.05, 4.69) is 4.74 Å². The third-order valence-corrected chi connectivity index (χ3v) is 2.69. The number of halogens is 5. The van der Waals surface area contributed by atoms with Crippen LogP contribution in [0.15, 0.2) is 36.4 Å². The Kier molecular flexibility index (Phi) is 4.03. The van der Waals surface area contributed by atoms with Gasteiger partial charge in [0.2, 0.25) is 0 Å². The van der Waals surface area contributed by atoms with Crippen molar-refractivity contribution in [3.8, 4) is 16.9 Å². The maximum Gasteiger partial charge on any atom is 0.573 e. The van der Waals surface area contributed by atoms with Crippen LogP contribution in [-0.4, -0.2) is 17.4 Å². The number of aromatic carboxylic acids is 1. The molecule has 0 radical (unpaired) electrons. The van der Waals surface area contributed by atoms with Gasteiger partial charge in [0, 0.05) is 5.56 Å². The van der Waals surface area contributed by atoms with Crippen molar-refractivity contribution in [3.05, 3.63) is 53.6 Å². The standard InChI is InChI=1S/C14H7F5O3/c15-11-6-10(13(20)21)12(16)5-9(11)7-1-3-8(4-2-7)22-14(17,18)19/h1-6H,(H,20,21). The van der Waals surface area contributed by atoms with Crippen LogP contribution in [0.25, 0.3) is 11.1 Å². The Hall–Kier alpha value is -2.64. The molecule has 0 aliphatic carbocycles. The molecule has 0 aliphatic heterocycles. The normalized spacial score (nSPS) is 11.3. The lowest BCUT2D eigenvalue weighted by Gasteiger charge is -2.10. The van der Waals surface area contributed by atoms with E-state index in [1.54, 1.807) is 0 Å². The molecule has 22 heavy (non-hydrogen) atoms. The zero-order valence-electron chi connectivity index (χ0n) is 10.6. The molecule has 0 atom stereocenters. The second-order valence-corrected chi connectivity index (χ2v) is 4.19. The molecule has 0 saturated heterocycles. The number of hydrogen-bond acceptors (Lipinski definition) is 2. The Labute approximate surface area is 120 Å². The van der Waals surface area contributed by atoms with Crippen molar-refractivity contribution in [2.45, 2.75) is 6.36 Å². The number of carbonyl (C=O) groups is 1. The topological polar surface area (TPSA) is 46.5 Å². The Bertz CT molecular complexity index is 708. The van der Waals surface area contributed by atoms with Crippen LogP contribution in [-0.2, 0) is 0 Å². The summed E-state index contributed by atoms with van der Waals surface area (Å²) in [6.07, 6.45) is -4.86. The molecule has 0 aromatic heterocycles. The summed E-state index contributed by atoms with van der Waals surface area (Å²) in [6.45, 7) is 0. The van der Waals surface area contributed by atoms with Crippen LogP contribution in [0.5, 0.6) is 5.75 Å². The van der Waals surface area contributed by atoms with Crippen LogP contribution in [0.3, 0.4) is 0 Å². The van der Waals surface area contributed by atoms with Gasteiger partial charge in [-0.3, -0.25) is 0 Å². The molecule has 0 fully saturated rings. The van der Waals surface area contributed by atoms with Crippen molar-refractivity contribution in [1.82, 2.24) is 0 Å². The van der Waals surface area contributed by atoms with E-state index in [9.17, 15) is 26.7 Å². The van der Waals surface area contributed by atoms with Gasteiger partial charge in [-0.15, -0.1) is 13.2 Å². The van der Waals surface area contributed by atoms with Crippen molar-refractivity contribution in [3.63, 3.8) is 0 Å². The van der Waals surface area contributed by atoms with Crippen LogP contribution in [0.2, 0.25) is 0 Å². The van der Waals surface area contributed by atoms with Gasteiger partial charge in [0.05, 0.1) is 5.56 Å². The minimum atomic E-state index is -4.86. The molecule has 3 nitrogen and oxygen atoms in total. The third kappa shape index (κ3) is 3.51. The van der Waals surface area contributed by atoms with E-state index in [1.807, 2.05) is 0 Å². The summed E-state index contributed by atoms with van der Waals surface area (Å²) in [5.41, 5.74) is -1.04. The number of rotatable bonds is 3. The quantitative estimate of drug-likeness (QED) is 0.862. The van der Waals surface area contributed by atoms with Gasteiger partial charge in [-0.05, 0) is 29.8 Å². The maximum absolute atomic E-state index is 13.8. The van der Waals surface area contributed by atoms with Crippen molar-refractivity contribution in [1.29, 1.82) is 0 Å². The first kappa shape index (κ1) is 15.7. The first-order valence-electron chi connectivity index (χ1n) is 5.76. The SMILES string of the molecule is O=C(O)c1cc(F)c(-c2ccc(OC(F)(F)F)cc2)cc1F. The van der Waals surface area contributed by atoms with Crippen LogP contribution < -0.4 is 4.74 Å². The Morgan fingerprint density at radius 3 is 2.09 bits per heavy atom. The number of alkyl halides is 3. The van der Waals surface area contributed by atoms with Crippen molar-refractivity contribution in [2.24, 2.45) is 0 Å². The highest BCUT2D eigenvalue weighted by atomic mass is 19.4. The van der Waals surface area contributed by atoms with Crippen molar-refractivity contribution < 1.29 is 36.6 Å². The lowest BCUT2D eigenvalue weighted by molar-refractivity contribution is -0.274. The summed E-state index contributed by atoms with van der Waals surface area (Å²) >= 11 is 0. The molecule has 0 aliphatic rings. The van der Waals surface area contributed by atoms with Gasteiger partial charge in [0.25, 0.3) is 0 Å². The summed E-state index contributed by atoms with van der Waals surface area (Å²) in [5.74, 6) is -4.31. The molecule has 0 saturated carbocycles. The molecule has 0 bridgehead atoms. The first-order valence-corrected chi connectivity index (χ1v) is 5.76. The largest absolute Gasteiger partial charge is 0.573 e. The van der Waals surface area contributed by atoms with E-state index in [0.717, 1.165) is 24.3 Å². The highest BCUT2D eigenvalue weighted by molar-refractivity contribution is 5.88. The van der Waals surface area contributed by atoms with Gasteiger partial charge in [-0.25, -0.2) is 13.6 Å². The fourth-order valence-corrected chi connectivity index (χ4v) is 1.77. The second-order valence-electron chi connectivity index (χ2n) is 4.19. The molecule has 2 aromatic rings. The van der Waals surface area contributed by atoms with Gasteiger partial charge < -0.3 is 9.84 Å².